The van der Waals surface area contributed by atoms with Crippen molar-refractivity contribution in [3.63, 3.8) is 0 Å². The molecule has 0 aromatic carbocycles. The highest BCUT2D eigenvalue weighted by Crippen LogP contribution is 2.37. The number of thiophene rings is 1. The largest absolute Gasteiger partial charge is 0.462 e. The molecule has 2 rings (SSSR count). The molecule has 0 radical (unpaired) electrons. The Balaban J connectivity index is 2.21. The Labute approximate surface area is 154 Å². The molecule has 1 aromatic rings. The number of ketones is 1. The maximum atomic E-state index is 12.3. The van der Waals surface area contributed by atoms with E-state index in [0.717, 1.165) is 11.3 Å². The highest BCUT2D eigenvalue weighted by atomic mass is 32.1. The lowest BCUT2D eigenvalue weighted by Gasteiger charge is -2.08. The minimum absolute atomic E-state index is 0.0154. The van der Waals surface area contributed by atoms with Crippen LogP contribution in [-0.4, -0.2) is 24.3 Å². The van der Waals surface area contributed by atoms with Gasteiger partial charge in [-0.05, 0) is 37.8 Å². The second-order valence-electron chi connectivity index (χ2n) is 5.71. The molecule has 0 saturated carbocycles. The van der Waals surface area contributed by atoms with E-state index in [1.165, 1.54) is 6.92 Å². The molecule has 0 fully saturated rings. The maximum absolute atomic E-state index is 12.3. The summed E-state index contributed by atoms with van der Waals surface area (Å²) in [6, 6.07) is 3.81. The number of ether oxygens (including phenoxy) is 1. The number of Topliss-reactive ketones (excluding diaryl/α,β-unsaturated/α-hetero) is 1. The fourth-order valence-corrected chi connectivity index (χ4v) is 3.88. The second kappa shape index (κ2) is 8.41. The van der Waals surface area contributed by atoms with E-state index in [2.05, 4.69) is 11.4 Å². The molecule has 8 heteroatoms. The third-order valence-corrected chi connectivity index (χ3v) is 5.09. The van der Waals surface area contributed by atoms with E-state index in [-0.39, 0.29) is 30.0 Å². The van der Waals surface area contributed by atoms with Gasteiger partial charge < -0.3 is 10.1 Å². The number of rotatable bonds is 5. The third-order valence-electron chi connectivity index (χ3n) is 3.90. The highest BCUT2D eigenvalue weighted by Gasteiger charge is 2.27. The molecule has 134 valence electrons. The van der Waals surface area contributed by atoms with Gasteiger partial charge in [-0.3, -0.25) is 9.59 Å². The predicted octanol–water partition coefficient (Wildman–Crippen LogP) is 2.87. The lowest BCUT2D eigenvalue weighted by atomic mass is 9.95. The molecule has 0 unspecified atom stereocenters. The summed E-state index contributed by atoms with van der Waals surface area (Å²) in [6.45, 7) is 3.26. The molecule has 0 spiro atoms. The number of nitrogens with one attached hydrogen (secondary N) is 1. The van der Waals surface area contributed by atoms with Gasteiger partial charge in [0.1, 0.15) is 22.7 Å². The fraction of sp³-hybridized carbons (Fsp3) is 0.389. The van der Waals surface area contributed by atoms with E-state index >= 15 is 0 Å². The minimum atomic E-state index is -0.768. The zero-order valence-corrected chi connectivity index (χ0v) is 15.3. The standard InChI is InChI=1S/C18H17N3O4S/c1-3-25-18(24)12(8-19)10(2)7-15(23)21-17-13(9-20)11-5-4-6-14(22)16(11)26-17/h3-7H2,1-2H3,(H,21,23)/b12-10+. The molecule has 0 atom stereocenters. The monoisotopic (exact) mass is 371 g/mol. The van der Waals surface area contributed by atoms with E-state index in [4.69, 9.17) is 10.00 Å². The van der Waals surface area contributed by atoms with Crippen LogP contribution in [0.4, 0.5) is 5.00 Å². The second-order valence-corrected chi connectivity index (χ2v) is 6.74. The molecule has 1 heterocycles. The normalized spacial score (nSPS) is 13.8. The van der Waals surface area contributed by atoms with Crippen LogP contribution in [0, 0.1) is 22.7 Å². The molecule has 0 bridgehead atoms. The molecule has 1 amide bonds. The van der Waals surface area contributed by atoms with Crippen molar-refractivity contribution in [3.8, 4) is 12.1 Å². The quantitative estimate of drug-likeness (QED) is 0.483. The summed E-state index contributed by atoms with van der Waals surface area (Å²) in [5, 5.41) is 21.4. The van der Waals surface area contributed by atoms with Crippen LogP contribution in [0.5, 0.6) is 0 Å². The number of anilines is 1. The van der Waals surface area contributed by atoms with Gasteiger partial charge in [0.25, 0.3) is 0 Å². The minimum Gasteiger partial charge on any atom is -0.462 e. The Kier molecular flexibility index (Phi) is 6.26. The average Bonchev–Trinajstić information content (AvgIpc) is 2.94. The summed E-state index contributed by atoms with van der Waals surface area (Å²) in [6.07, 6.45) is 1.58. The van der Waals surface area contributed by atoms with Crippen LogP contribution in [0.15, 0.2) is 11.1 Å². The van der Waals surface area contributed by atoms with Crippen LogP contribution in [0.3, 0.4) is 0 Å². The first-order valence-electron chi connectivity index (χ1n) is 8.08. The number of carbonyl (C=O) groups is 3. The zero-order chi connectivity index (χ0) is 19.3. The summed E-state index contributed by atoms with van der Waals surface area (Å²) in [7, 11) is 0. The van der Waals surface area contributed by atoms with Crippen molar-refractivity contribution < 1.29 is 19.1 Å². The van der Waals surface area contributed by atoms with Gasteiger partial charge in [-0.2, -0.15) is 10.5 Å². The van der Waals surface area contributed by atoms with Crippen molar-refractivity contribution in [1.82, 2.24) is 0 Å². The first-order chi connectivity index (χ1) is 12.4. The van der Waals surface area contributed by atoms with Crippen molar-refractivity contribution in [2.45, 2.75) is 39.5 Å². The van der Waals surface area contributed by atoms with Gasteiger partial charge in [0, 0.05) is 12.8 Å². The number of fused-ring (bicyclic) bond motifs is 1. The lowest BCUT2D eigenvalue weighted by Crippen LogP contribution is -2.15. The molecule has 0 aliphatic heterocycles. The lowest BCUT2D eigenvalue weighted by molar-refractivity contribution is -0.138. The Hall–Kier alpha value is -2.97. The van der Waals surface area contributed by atoms with Crippen LogP contribution < -0.4 is 5.32 Å². The first-order valence-corrected chi connectivity index (χ1v) is 8.90. The molecule has 1 aliphatic carbocycles. The summed E-state index contributed by atoms with van der Waals surface area (Å²) in [5.74, 6) is -1.25. The van der Waals surface area contributed by atoms with Crippen LogP contribution >= 0.6 is 11.3 Å². The van der Waals surface area contributed by atoms with Gasteiger partial charge in [0.2, 0.25) is 5.91 Å². The van der Waals surface area contributed by atoms with Gasteiger partial charge in [-0.15, -0.1) is 11.3 Å². The third kappa shape index (κ3) is 3.98. The van der Waals surface area contributed by atoms with Gasteiger partial charge in [0.05, 0.1) is 17.0 Å². The zero-order valence-electron chi connectivity index (χ0n) is 14.5. The first kappa shape index (κ1) is 19.4. The highest BCUT2D eigenvalue weighted by molar-refractivity contribution is 7.18. The summed E-state index contributed by atoms with van der Waals surface area (Å²) >= 11 is 1.10. The van der Waals surface area contributed by atoms with Crippen LogP contribution in [-0.2, 0) is 20.7 Å². The fourth-order valence-electron chi connectivity index (χ4n) is 2.69. The van der Waals surface area contributed by atoms with E-state index < -0.39 is 11.9 Å². The van der Waals surface area contributed by atoms with Crippen molar-refractivity contribution in [1.29, 1.82) is 10.5 Å². The van der Waals surface area contributed by atoms with E-state index in [1.807, 2.05) is 0 Å². The summed E-state index contributed by atoms with van der Waals surface area (Å²) < 4.78 is 4.79. The molecule has 1 aromatic heterocycles. The Bertz CT molecular complexity index is 883. The molecule has 0 saturated heterocycles. The molecular weight excluding hydrogens is 354 g/mol. The van der Waals surface area contributed by atoms with Crippen LogP contribution in [0.2, 0.25) is 0 Å². The number of amides is 1. The average molecular weight is 371 g/mol. The van der Waals surface area contributed by atoms with E-state index in [9.17, 15) is 19.6 Å². The topological polar surface area (TPSA) is 120 Å². The van der Waals surface area contributed by atoms with Crippen LogP contribution in [0.25, 0.3) is 0 Å². The smallest absolute Gasteiger partial charge is 0.348 e. The summed E-state index contributed by atoms with van der Waals surface area (Å²) in [5.41, 5.74) is 1.09. The van der Waals surface area contributed by atoms with Gasteiger partial charge in [-0.25, -0.2) is 4.79 Å². The van der Waals surface area contributed by atoms with Crippen molar-refractivity contribution in [2.75, 3.05) is 11.9 Å². The Morgan fingerprint density at radius 2 is 2.04 bits per heavy atom. The number of nitrogens with zero attached hydrogens (tertiary/aromatic N) is 2. The SMILES string of the molecule is CCOC(=O)/C(C#N)=C(\C)CC(=O)Nc1sc2c(c1C#N)CCCC2=O. The molecule has 7 nitrogen and oxygen atoms in total. The summed E-state index contributed by atoms with van der Waals surface area (Å²) in [4.78, 5) is 36.5. The molecule has 1 N–H and O–H groups in total. The van der Waals surface area contributed by atoms with Gasteiger partial charge in [-0.1, -0.05) is 0 Å². The Morgan fingerprint density at radius 1 is 1.31 bits per heavy atom. The Morgan fingerprint density at radius 3 is 2.65 bits per heavy atom. The van der Waals surface area contributed by atoms with Crippen LogP contribution in [0.1, 0.15) is 53.9 Å². The van der Waals surface area contributed by atoms with Gasteiger partial charge >= 0.3 is 5.97 Å². The van der Waals surface area contributed by atoms with E-state index in [1.54, 1.807) is 13.0 Å². The van der Waals surface area contributed by atoms with E-state index in [0.29, 0.717) is 40.3 Å². The maximum Gasteiger partial charge on any atom is 0.348 e. The number of hydrogen-bond donors (Lipinski definition) is 1. The molecule has 26 heavy (non-hydrogen) atoms. The number of carbonyl (C=O) groups excluding carboxylic acids is 3. The van der Waals surface area contributed by atoms with Crippen molar-refractivity contribution in [2.24, 2.45) is 0 Å². The number of esters is 1. The number of hydrogen-bond acceptors (Lipinski definition) is 7. The predicted molar refractivity (Wildman–Crippen MR) is 94.5 cm³/mol. The molecular formula is C18H17N3O4S. The molecule has 1 aliphatic rings. The van der Waals surface area contributed by atoms with Gasteiger partial charge in [0.15, 0.2) is 5.78 Å². The van der Waals surface area contributed by atoms with Crippen molar-refractivity contribution in [3.05, 3.63) is 27.2 Å². The number of nitriles is 2. The van der Waals surface area contributed by atoms with Crippen molar-refractivity contribution >= 4 is 34.0 Å².